The van der Waals surface area contributed by atoms with Crippen LogP contribution in [0.5, 0.6) is 0 Å². The Morgan fingerprint density at radius 3 is 2.50 bits per heavy atom. The second-order valence-corrected chi connectivity index (χ2v) is 5.42. The summed E-state index contributed by atoms with van der Waals surface area (Å²) in [6, 6.07) is 10.5. The molecule has 1 amide bonds. The zero-order valence-electron chi connectivity index (χ0n) is 9.74. The number of hydrogen-bond acceptors (Lipinski definition) is 1. The molecule has 0 saturated carbocycles. The minimum absolute atomic E-state index is 0.0561. The van der Waals surface area contributed by atoms with E-state index >= 15 is 0 Å². The lowest BCUT2D eigenvalue weighted by atomic mass is 10.1. The van der Waals surface area contributed by atoms with Crippen molar-refractivity contribution in [3.63, 3.8) is 0 Å². The van der Waals surface area contributed by atoms with Crippen molar-refractivity contribution in [2.75, 3.05) is 0 Å². The van der Waals surface area contributed by atoms with E-state index in [-0.39, 0.29) is 16.8 Å². The van der Waals surface area contributed by atoms with Crippen LogP contribution >= 0.6 is 15.9 Å². The molecule has 0 fully saturated rings. The first-order valence-corrected chi connectivity index (χ1v) is 6.49. The predicted molar refractivity (Wildman–Crippen MR) is 70.8 cm³/mol. The Morgan fingerprint density at radius 2 is 1.94 bits per heavy atom. The highest BCUT2D eigenvalue weighted by Crippen LogP contribution is 2.05. The van der Waals surface area contributed by atoms with E-state index in [0.29, 0.717) is 0 Å². The maximum atomic E-state index is 11.4. The van der Waals surface area contributed by atoms with Gasteiger partial charge in [0, 0.05) is 6.04 Å². The fourth-order valence-corrected chi connectivity index (χ4v) is 1.59. The number of benzene rings is 1. The normalized spacial score (nSPS) is 14.2. The maximum Gasteiger partial charge on any atom is 0.233 e. The van der Waals surface area contributed by atoms with Crippen LogP contribution in [0.2, 0.25) is 0 Å². The molecular weight excluding hydrogens is 266 g/mol. The molecule has 0 spiro atoms. The number of hydrogen-bond donors (Lipinski definition) is 1. The highest BCUT2D eigenvalue weighted by atomic mass is 79.9. The molecule has 0 saturated heterocycles. The van der Waals surface area contributed by atoms with Gasteiger partial charge < -0.3 is 5.32 Å². The van der Waals surface area contributed by atoms with E-state index < -0.39 is 0 Å². The number of nitrogens with one attached hydrogen (secondary N) is 1. The van der Waals surface area contributed by atoms with Gasteiger partial charge >= 0.3 is 0 Å². The quantitative estimate of drug-likeness (QED) is 0.828. The van der Waals surface area contributed by atoms with Crippen LogP contribution in [0.1, 0.15) is 25.8 Å². The molecule has 0 aliphatic rings. The molecule has 2 atom stereocenters. The molecule has 0 aliphatic carbocycles. The van der Waals surface area contributed by atoms with Crippen molar-refractivity contribution in [1.29, 1.82) is 0 Å². The number of alkyl halides is 1. The van der Waals surface area contributed by atoms with Crippen LogP contribution < -0.4 is 5.32 Å². The van der Waals surface area contributed by atoms with E-state index in [1.165, 1.54) is 5.56 Å². The van der Waals surface area contributed by atoms with Crippen molar-refractivity contribution >= 4 is 21.8 Å². The minimum Gasteiger partial charge on any atom is -0.353 e. The van der Waals surface area contributed by atoms with Gasteiger partial charge in [0.25, 0.3) is 0 Å². The maximum absolute atomic E-state index is 11.4. The summed E-state index contributed by atoms with van der Waals surface area (Å²) in [5, 5.41) is 2.96. The molecule has 0 bridgehead atoms. The van der Waals surface area contributed by atoms with Gasteiger partial charge in [0.2, 0.25) is 5.91 Å². The molecule has 3 heteroatoms. The average Bonchev–Trinajstić information content (AvgIpc) is 2.27. The summed E-state index contributed by atoms with van der Waals surface area (Å²) < 4.78 is 0. The highest BCUT2D eigenvalue weighted by Gasteiger charge is 2.11. The molecule has 1 N–H and O–H groups in total. The largest absolute Gasteiger partial charge is 0.353 e. The van der Waals surface area contributed by atoms with Gasteiger partial charge in [-0.05, 0) is 32.3 Å². The second kappa shape index (κ2) is 6.69. The number of halogens is 1. The highest BCUT2D eigenvalue weighted by molar-refractivity contribution is 9.10. The monoisotopic (exact) mass is 283 g/mol. The molecule has 1 aromatic carbocycles. The van der Waals surface area contributed by atoms with Crippen molar-refractivity contribution in [3.8, 4) is 0 Å². The zero-order valence-corrected chi connectivity index (χ0v) is 11.3. The fraction of sp³-hybridized carbons (Fsp3) is 0.462. The van der Waals surface area contributed by atoms with Gasteiger partial charge in [-0.15, -0.1) is 0 Å². The first kappa shape index (κ1) is 13.2. The van der Waals surface area contributed by atoms with Crippen LogP contribution in [0, 0.1) is 0 Å². The van der Waals surface area contributed by atoms with E-state index in [9.17, 15) is 4.79 Å². The van der Waals surface area contributed by atoms with E-state index in [2.05, 4.69) is 33.4 Å². The molecule has 88 valence electrons. The number of carbonyl (C=O) groups excluding carboxylic acids is 1. The molecule has 1 rings (SSSR count). The fourth-order valence-electron chi connectivity index (χ4n) is 1.46. The zero-order chi connectivity index (χ0) is 12.0. The molecule has 0 aliphatic heterocycles. The third-order valence-corrected chi connectivity index (χ3v) is 2.87. The molecule has 0 radical (unpaired) electrons. The standard InChI is InChI=1S/C13H18BrNO/c1-10(15-13(16)11(2)14)8-9-12-6-4-3-5-7-12/h3-7,10-11H,8-9H2,1-2H3,(H,15,16). The summed E-state index contributed by atoms with van der Waals surface area (Å²) >= 11 is 3.25. The van der Waals surface area contributed by atoms with Crippen molar-refractivity contribution in [1.82, 2.24) is 5.32 Å². The number of carbonyl (C=O) groups is 1. The molecular formula is C13H18BrNO. The average molecular weight is 284 g/mol. The van der Waals surface area contributed by atoms with Gasteiger partial charge in [0.05, 0.1) is 4.83 Å². The molecule has 0 heterocycles. The number of aryl methyl sites for hydroxylation is 1. The lowest BCUT2D eigenvalue weighted by molar-refractivity contribution is -0.120. The molecule has 16 heavy (non-hydrogen) atoms. The van der Waals surface area contributed by atoms with Crippen LogP contribution in [-0.4, -0.2) is 16.8 Å². The Morgan fingerprint density at radius 1 is 1.31 bits per heavy atom. The van der Waals surface area contributed by atoms with Crippen LogP contribution in [0.4, 0.5) is 0 Å². The number of rotatable bonds is 5. The summed E-state index contributed by atoms with van der Waals surface area (Å²) in [5.41, 5.74) is 1.32. The first-order valence-electron chi connectivity index (χ1n) is 5.58. The van der Waals surface area contributed by atoms with E-state index in [4.69, 9.17) is 0 Å². The van der Waals surface area contributed by atoms with E-state index in [1.54, 1.807) is 0 Å². The minimum atomic E-state index is -0.119. The Bertz CT molecular complexity index is 324. The summed E-state index contributed by atoms with van der Waals surface area (Å²) in [5.74, 6) is 0.0561. The Hall–Kier alpha value is -0.830. The van der Waals surface area contributed by atoms with Gasteiger partial charge in [-0.1, -0.05) is 46.3 Å². The van der Waals surface area contributed by atoms with Crippen LogP contribution in [0.3, 0.4) is 0 Å². The Kier molecular flexibility index (Phi) is 5.53. The van der Waals surface area contributed by atoms with Crippen molar-refractivity contribution in [3.05, 3.63) is 35.9 Å². The van der Waals surface area contributed by atoms with Crippen LogP contribution in [0.15, 0.2) is 30.3 Å². The van der Waals surface area contributed by atoms with Crippen molar-refractivity contribution < 1.29 is 4.79 Å². The topological polar surface area (TPSA) is 29.1 Å². The molecule has 1 aromatic rings. The molecule has 2 unspecified atom stereocenters. The molecule has 0 aromatic heterocycles. The molecule has 2 nitrogen and oxygen atoms in total. The lowest BCUT2D eigenvalue weighted by Crippen LogP contribution is -2.36. The second-order valence-electron chi connectivity index (χ2n) is 4.05. The summed E-state index contributed by atoms with van der Waals surface area (Å²) in [7, 11) is 0. The number of amides is 1. The van der Waals surface area contributed by atoms with Crippen molar-refractivity contribution in [2.24, 2.45) is 0 Å². The van der Waals surface area contributed by atoms with Gasteiger partial charge in [-0.25, -0.2) is 0 Å². The Balaban J connectivity index is 2.30. The summed E-state index contributed by atoms with van der Waals surface area (Å²) in [6.45, 7) is 3.87. The van der Waals surface area contributed by atoms with Crippen LogP contribution in [0.25, 0.3) is 0 Å². The first-order chi connectivity index (χ1) is 7.59. The van der Waals surface area contributed by atoms with E-state index in [1.807, 2.05) is 32.0 Å². The summed E-state index contributed by atoms with van der Waals surface area (Å²) in [4.78, 5) is 11.3. The third kappa shape index (κ3) is 4.79. The van der Waals surface area contributed by atoms with Gasteiger partial charge in [0.1, 0.15) is 0 Å². The third-order valence-electron chi connectivity index (χ3n) is 2.46. The van der Waals surface area contributed by atoms with E-state index in [0.717, 1.165) is 12.8 Å². The van der Waals surface area contributed by atoms with Gasteiger partial charge in [-0.2, -0.15) is 0 Å². The van der Waals surface area contributed by atoms with Gasteiger partial charge in [0.15, 0.2) is 0 Å². The summed E-state index contributed by atoms with van der Waals surface area (Å²) in [6.07, 6.45) is 1.97. The predicted octanol–water partition coefficient (Wildman–Crippen LogP) is 2.91. The lowest BCUT2D eigenvalue weighted by Gasteiger charge is -2.14. The van der Waals surface area contributed by atoms with Crippen molar-refractivity contribution in [2.45, 2.75) is 37.6 Å². The van der Waals surface area contributed by atoms with Crippen LogP contribution in [-0.2, 0) is 11.2 Å². The van der Waals surface area contributed by atoms with Gasteiger partial charge in [-0.3, -0.25) is 4.79 Å². The Labute approximate surface area is 106 Å². The smallest absolute Gasteiger partial charge is 0.233 e. The SMILES string of the molecule is CC(CCc1ccccc1)NC(=O)C(C)Br.